The fourth-order valence-electron chi connectivity index (χ4n) is 1.80. The number of nitrogens with two attached hydrogens (primary N) is 1. The van der Waals surface area contributed by atoms with E-state index in [1.54, 1.807) is 0 Å². The number of hydrogen-bond donors (Lipinski definition) is 1. The number of ether oxygens (including phenoxy) is 1. The second-order valence-corrected chi connectivity index (χ2v) is 8.84. The van der Waals surface area contributed by atoms with Gasteiger partial charge in [0.2, 0.25) is 0 Å². The van der Waals surface area contributed by atoms with Crippen LogP contribution in [0.4, 0.5) is 0 Å². The first-order valence-electron chi connectivity index (χ1n) is 5.97. The van der Waals surface area contributed by atoms with Crippen LogP contribution in [0.5, 0.6) is 0 Å². The van der Waals surface area contributed by atoms with E-state index >= 15 is 0 Å². The first-order chi connectivity index (χ1) is 7.46. The summed E-state index contributed by atoms with van der Waals surface area (Å²) in [6, 6.07) is 2.48. The molecule has 16 heavy (non-hydrogen) atoms. The summed E-state index contributed by atoms with van der Waals surface area (Å²) in [4.78, 5) is 11.3. The van der Waals surface area contributed by atoms with Gasteiger partial charge in [0, 0.05) is 0 Å². The highest BCUT2D eigenvalue weighted by Gasteiger charge is 2.34. The normalized spacial score (nSPS) is 15.6. The van der Waals surface area contributed by atoms with Crippen molar-refractivity contribution in [3.63, 3.8) is 0 Å². The van der Waals surface area contributed by atoms with Crippen molar-refractivity contribution in [3.8, 4) is 0 Å². The summed E-state index contributed by atoms with van der Waals surface area (Å²) in [5.41, 5.74) is 5.77. The molecule has 0 saturated heterocycles. The molecule has 2 N–H and O–H groups in total. The number of esters is 1. The largest absolute Gasteiger partial charge is 0.468 e. The van der Waals surface area contributed by atoms with Crippen molar-refractivity contribution in [1.29, 1.82) is 0 Å². The highest BCUT2D eigenvalue weighted by Crippen LogP contribution is 2.24. The molecule has 0 aliphatic carbocycles. The maximum atomic E-state index is 11.3. The first-order valence-corrected chi connectivity index (χ1v) is 8.50. The van der Waals surface area contributed by atoms with E-state index in [1.807, 2.05) is 6.92 Å². The second-order valence-electron chi connectivity index (χ2n) is 4.12. The number of hydrogen-bond acceptors (Lipinski definition) is 4. The van der Waals surface area contributed by atoms with Gasteiger partial charge in [0.1, 0.15) is 6.04 Å². The van der Waals surface area contributed by atoms with E-state index < -0.39 is 20.3 Å². The van der Waals surface area contributed by atoms with Crippen LogP contribution in [-0.4, -0.2) is 33.5 Å². The molecular weight excluding hydrogens is 222 g/mol. The molecule has 0 rings (SSSR count). The van der Waals surface area contributed by atoms with E-state index in [1.165, 1.54) is 7.11 Å². The molecule has 0 saturated carbocycles. The number of carbonyl (C=O) groups excluding carboxylic acids is 1. The van der Waals surface area contributed by atoms with Crippen LogP contribution in [0.25, 0.3) is 0 Å². The average Bonchev–Trinajstić information content (AvgIpc) is 2.33. The Labute approximate surface area is 99.6 Å². The highest BCUT2D eigenvalue weighted by molar-refractivity contribution is 6.73. The summed E-state index contributed by atoms with van der Waals surface area (Å²) >= 11 is 0. The molecule has 0 unspecified atom stereocenters. The van der Waals surface area contributed by atoms with Crippen molar-refractivity contribution in [3.05, 3.63) is 0 Å². The maximum Gasteiger partial charge on any atom is 0.325 e. The Hall–Kier alpha value is -0.393. The zero-order chi connectivity index (χ0) is 12.8. The molecule has 0 bridgehead atoms. The van der Waals surface area contributed by atoms with E-state index in [4.69, 9.17) is 10.2 Å². The van der Waals surface area contributed by atoms with Crippen molar-refractivity contribution in [2.75, 3.05) is 7.11 Å². The van der Waals surface area contributed by atoms with Crippen molar-refractivity contribution in [1.82, 2.24) is 0 Å². The Balaban J connectivity index is 4.51. The minimum Gasteiger partial charge on any atom is -0.468 e. The molecule has 0 aliphatic heterocycles. The quantitative estimate of drug-likeness (QED) is 0.551. The summed E-state index contributed by atoms with van der Waals surface area (Å²) in [7, 11) is -0.343. The standard InChI is InChI=1S/C11H25NO3Si/c1-6-16(7-2,8-3)15-9(4)10(12)11(13)14-5/h9-10H,6-8,12H2,1-5H3/t9-,10+/m1/s1. The predicted molar refractivity (Wildman–Crippen MR) is 67.7 cm³/mol. The van der Waals surface area contributed by atoms with Gasteiger partial charge in [-0.2, -0.15) is 0 Å². The number of carbonyl (C=O) groups is 1. The molecule has 0 aromatic rings. The van der Waals surface area contributed by atoms with Crippen molar-refractivity contribution in [2.45, 2.75) is 58.0 Å². The highest BCUT2D eigenvalue weighted by atomic mass is 28.4. The maximum absolute atomic E-state index is 11.3. The van der Waals surface area contributed by atoms with E-state index in [-0.39, 0.29) is 6.10 Å². The van der Waals surface area contributed by atoms with Crippen LogP contribution in [0.2, 0.25) is 18.1 Å². The van der Waals surface area contributed by atoms with Crippen LogP contribution in [0.15, 0.2) is 0 Å². The second kappa shape index (κ2) is 7.03. The summed E-state index contributed by atoms with van der Waals surface area (Å²) in [6.07, 6.45) is -0.265. The molecule has 0 amide bonds. The fourth-order valence-corrected chi connectivity index (χ4v) is 4.73. The lowest BCUT2D eigenvalue weighted by Crippen LogP contribution is -2.49. The Morgan fingerprint density at radius 1 is 1.25 bits per heavy atom. The zero-order valence-corrected chi connectivity index (χ0v) is 12.1. The summed E-state index contributed by atoms with van der Waals surface area (Å²) in [5.74, 6) is -0.404. The van der Waals surface area contributed by atoms with E-state index in [0.29, 0.717) is 0 Å². The van der Waals surface area contributed by atoms with Gasteiger partial charge < -0.3 is 14.9 Å². The van der Waals surface area contributed by atoms with Crippen LogP contribution in [0.1, 0.15) is 27.7 Å². The van der Waals surface area contributed by atoms with Gasteiger partial charge in [0.05, 0.1) is 13.2 Å². The monoisotopic (exact) mass is 247 g/mol. The SMILES string of the molecule is CC[Si](CC)(CC)O[C@H](C)[C@H](N)C(=O)OC. The molecule has 0 fully saturated rings. The molecule has 0 aromatic carbocycles. The van der Waals surface area contributed by atoms with Crippen LogP contribution in [0.3, 0.4) is 0 Å². The molecule has 2 atom stereocenters. The van der Waals surface area contributed by atoms with Crippen molar-refractivity contribution >= 4 is 14.3 Å². The predicted octanol–water partition coefficient (Wildman–Crippen LogP) is 1.90. The molecule has 4 nitrogen and oxygen atoms in total. The summed E-state index contributed by atoms with van der Waals surface area (Å²) in [6.45, 7) is 8.30. The van der Waals surface area contributed by atoms with Gasteiger partial charge in [-0.1, -0.05) is 20.8 Å². The molecule has 0 heterocycles. The van der Waals surface area contributed by atoms with Gasteiger partial charge in [-0.15, -0.1) is 0 Å². The molecular formula is C11H25NO3Si. The average molecular weight is 247 g/mol. The molecule has 0 spiro atoms. The van der Waals surface area contributed by atoms with Crippen LogP contribution in [-0.2, 0) is 14.0 Å². The first kappa shape index (κ1) is 15.6. The van der Waals surface area contributed by atoms with E-state index in [0.717, 1.165) is 18.1 Å². The van der Waals surface area contributed by atoms with E-state index in [2.05, 4.69) is 25.5 Å². The van der Waals surface area contributed by atoms with Crippen LogP contribution >= 0.6 is 0 Å². The Morgan fingerprint density at radius 2 is 1.69 bits per heavy atom. The molecule has 5 heteroatoms. The Bertz CT molecular complexity index is 211. The van der Waals surface area contributed by atoms with Gasteiger partial charge in [0.15, 0.2) is 8.32 Å². The topological polar surface area (TPSA) is 61.5 Å². The van der Waals surface area contributed by atoms with E-state index in [9.17, 15) is 4.79 Å². The van der Waals surface area contributed by atoms with Crippen LogP contribution < -0.4 is 5.73 Å². The molecule has 96 valence electrons. The fraction of sp³-hybridized carbons (Fsp3) is 0.909. The van der Waals surface area contributed by atoms with Gasteiger partial charge in [-0.25, -0.2) is 0 Å². The number of methoxy groups -OCH3 is 1. The third kappa shape index (κ3) is 3.88. The van der Waals surface area contributed by atoms with Crippen molar-refractivity contribution < 1.29 is 14.0 Å². The van der Waals surface area contributed by atoms with Crippen LogP contribution in [0, 0.1) is 0 Å². The summed E-state index contributed by atoms with van der Waals surface area (Å²) in [5, 5.41) is 0. The smallest absolute Gasteiger partial charge is 0.325 e. The molecule has 0 aliphatic rings. The number of rotatable bonds is 7. The minimum absolute atomic E-state index is 0.265. The minimum atomic E-state index is -1.69. The third-order valence-corrected chi connectivity index (χ3v) is 8.09. The molecule has 0 aromatic heterocycles. The van der Waals surface area contributed by atoms with Gasteiger partial charge >= 0.3 is 5.97 Å². The van der Waals surface area contributed by atoms with Gasteiger partial charge in [-0.05, 0) is 25.1 Å². The summed E-state index contributed by atoms with van der Waals surface area (Å²) < 4.78 is 10.7. The Kier molecular flexibility index (Phi) is 6.86. The van der Waals surface area contributed by atoms with Crippen molar-refractivity contribution in [2.24, 2.45) is 5.73 Å². The third-order valence-electron chi connectivity index (χ3n) is 3.35. The van der Waals surface area contributed by atoms with Gasteiger partial charge in [0.25, 0.3) is 0 Å². The lowest BCUT2D eigenvalue weighted by atomic mass is 10.2. The molecule has 0 radical (unpaired) electrons. The Morgan fingerprint density at radius 3 is 2.00 bits per heavy atom. The zero-order valence-electron chi connectivity index (χ0n) is 11.1. The van der Waals surface area contributed by atoms with Gasteiger partial charge in [-0.3, -0.25) is 4.79 Å². The lowest BCUT2D eigenvalue weighted by Gasteiger charge is -2.33. The lowest BCUT2D eigenvalue weighted by molar-refractivity contribution is -0.144.